The average Bonchev–Trinajstić information content (AvgIpc) is 3.16. The zero-order valence-corrected chi connectivity index (χ0v) is 15.2. The molecule has 134 valence electrons. The highest BCUT2D eigenvalue weighted by atomic mass is 35.5. The van der Waals surface area contributed by atoms with E-state index in [4.69, 9.17) is 11.6 Å². The maximum Gasteiger partial charge on any atom is 0.138 e. The lowest BCUT2D eigenvalue weighted by Crippen LogP contribution is -2.53. The second kappa shape index (κ2) is 7.72. The number of hydrogen-bond acceptors (Lipinski definition) is 5. The minimum absolute atomic E-state index is 0.715. The molecule has 2 aliphatic heterocycles. The Labute approximate surface area is 153 Å². The fourth-order valence-electron chi connectivity index (χ4n) is 3.98. The van der Waals surface area contributed by atoms with Gasteiger partial charge in [-0.1, -0.05) is 17.7 Å². The van der Waals surface area contributed by atoms with Crippen LogP contribution in [0, 0.1) is 0 Å². The number of nitrogens with one attached hydrogen (secondary N) is 1. The lowest BCUT2D eigenvalue weighted by Gasteiger charge is -2.43. The van der Waals surface area contributed by atoms with Gasteiger partial charge in [-0.15, -0.1) is 0 Å². The molecule has 2 aromatic rings. The van der Waals surface area contributed by atoms with Crippen molar-refractivity contribution >= 4 is 17.3 Å². The first-order valence-electron chi connectivity index (χ1n) is 9.09. The van der Waals surface area contributed by atoms with Crippen molar-refractivity contribution in [3.63, 3.8) is 0 Å². The van der Waals surface area contributed by atoms with Gasteiger partial charge in [-0.3, -0.25) is 14.9 Å². The molecule has 1 N–H and O–H groups in total. The van der Waals surface area contributed by atoms with Crippen molar-refractivity contribution in [1.29, 1.82) is 0 Å². The first-order valence-corrected chi connectivity index (χ1v) is 9.47. The standard InChI is InChI=1S/C18H25ClN6/c19-15-2-1-3-17(12-15)25-10-8-24(9-11-25)16-4-6-23(7-5-16)13-18-20-14-21-22-18/h1-3,12,14,16H,4-11,13H2,(H,20,21,22). The van der Waals surface area contributed by atoms with Crippen LogP contribution in [0.1, 0.15) is 18.7 Å². The van der Waals surface area contributed by atoms with Crippen LogP contribution in [-0.2, 0) is 6.54 Å². The van der Waals surface area contributed by atoms with Crippen LogP contribution in [0.5, 0.6) is 0 Å². The van der Waals surface area contributed by atoms with Crippen molar-refractivity contribution < 1.29 is 0 Å². The number of piperazine rings is 1. The maximum atomic E-state index is 6.13. The first-order chi connectivity index (χ1) is 12.3. The van der Waals surface area contributed by atoms with E-state index in [0.717, 1.165) is 56.7 Å². The van der Waals surface area contributed by atoms with Gasteiger partial charge in [0.2, 0.25) is 0 Å². The van der Waals surface area contributed by atoms with Gasteiger partial charge in [-0.2, -0.15) is 5.10 Å². The summed E-state index contributed by atoms with van der Waals surface area (Å²) in [7, 11) is 0. The van der Waals surface area contributed by atoms with E-state index in [1.54, 1.807) is 6.33 Å². The fraction of sp³-hybridized carbons (Fsp3) is 0.556. The molecule has 7 heteroatoms. The molecule has 25 heavy (non-hydrogen) atoms. The fourth-order valence-corrected chi connectivity index (χ4v) is 4.16. The molecule has 1 aromatic heterocycles. The lowest BCUT2D eigenvalue weighted by atomic mass is 10.0. The van der Waals surface area contributed by atoms with Gasteiger partial charge in [0.15, 0.2) is 0 Å². The van der Waals surface area contributed by atoms with Crippen molar-refractivity contribution in [2.24, 2.45) is 0 Å². The van der Waals surface area contributed by atoms with Crippen LogP contribution in [-0.4, -0.2) is 70.3 Å². The van der Waals surface area contributed by atoms with E-state index < -0.39 is 0 Å². The molecule has 1 aromatic carbocycles. The predicted octanol–water partition coefficient (Wildman–Crippen LogP) is 2.24. The third-order valence-corrected chi connectivity index (χ3v) is 5.63. The van der Waals surface area contributed by atoms with Crippen LogP contribution >= 0.6 is 11.6 Å². The Kier molecular flexibility index (Phi) is 5.20. The summed E-state index contributed by atoms with van der Waals surface area (Å²) < 4.78 is 0. The van der Waals surface area contributed by atoms with Crippen molar-refractivity contribution in [1.82, 2.24) is 25.0 Å². The molecule has 0 radical (unpaired) electrons. The predicted molar refractivity (Wildman–Crippen MR) is 99.9 cm³/mol. The number of aromatic amines is 1. The minimum atomic E-state index is 0.715. The van der Waals surface area contributed by atoms with Gasteiger partial charge in [-0.05, 0) is 31.0 Å². The maximum absolute atomic E-state index is 6.13. The summed E-state index contributed by atoms with van der Waals surface area (Å²) in [6.45, 7) is 7.60. The zero-order chi connectivity index (χ0) is 17.1. The molecule has 0 aliphatic carbocycles. The molecule has 0 spiro atoms. The number of benzene rings is 1. The molecule has 6 nitrogen and oxygen atoms in total. The summed E-state index contributed by atoms with van der Waals surface area (Å²) >= 11 is 6.13. The Bertz CT molecular complexity index is 660. The van der Waals surface area contributed by atoms with E-state index in [9.17, 15) is 0 Å². The third kappa shape index (κ3) is 4.14. The lowest BCUT2D eigenvalue weighted by molar-refractivity contribution is 0.0986. The van der Waals surface area contributed by atoms with E-state index in [1.165, 1.54) is 18.5 Å². The van der Waals surface area contributed by atoms with Crippen molar-refractivity contribution in [2.75, 3.05) is 44.2 Å². The van der Waals surface area contributed by atoms with E-state index in [0.29, 0.717) is 6.04 Å². The molecule has 4 rings (SSSR count). The minimum Gasteiger partial charge on any atom is -0.369 e. The van der Waals surface area contributed by atoms with Gasteiger partial charge in [-0.25, -0.2) is 4.98 Å². The van der Waals surface area contributed by atoms with Crippen molar-refractivity contribution in [3.05, 3.63) is 41.4 Å². The number of aromatic nitrogens is 3. The molecule has 3 heterocycles. The highest BCUT2D eigenvalue weighted by molar-refractivity contribution is 6.30. The summed E-state index contributed by atoms with van der Waals surface area (Å²) in [5.41, 5.74) is 1.24. The summed E-state index contributed by atoms with van der Waals surface area (Å²) in [5, 5.41) is 7.70. The first kappa shape index (κ1) is 16.8. The Balaban J connectivity index is 1.25. The molecule has 0 atom stereocenters. The molecule has 0 saturated carbocycles. The van der Waals surface area contributed by atoms with Gasteiger partial charge in [0.25, 0.3) is 0 Å². The number of anilines is 1. The van der Waals surface area contributed by atoms with Crippen LogP contribution in [0.4, 0.5) is 5.69 Å². The number of hydrogen-bond donors (Lipinski definition) is 1. The van der Waals surface area contributed by atoms with Gasteiger partial charge >= 0.3 is 0 Å². The molecular weight excluding hydrogens is 336 g/mol. The van der Waals surface area contributed by atoms with E-state index >= 15 is 0 Å². The molecule has 2 saturated heterocycles. The number of nitrogens with zero attached hydrogens (tertiary/aromatic N) is 5. The average molecular weight is 361 g/mol. The van der Waals surface area contributed by atoms with Crippen LogP contribution in [0.2, 0.25) is 5.02 Å². The summed E-state index contributed by atoms with van der Waals surface area (Å²) in [6.07, 6.45) is 4.07. The van der Waals surface area contributed by atoms with Crippen LogP contribution < -0.4 is 4.90 Å². The highest BCUT2D eigenvalue weighted by Crippen LogP contribution is 2.23. The number of piperidine rings is 1. The summed E-state index contributed by atoms with van der Waals surface area (Å²) in [5.74, 6) is 0.966. The Morgan fingerprint density at radius 2 is 1.88 bits per heavy atom. The SMILES string of the molecule is Clc1cccc(N2CCN(C3CCN(Cc4ncn[nH]4)CC3)CC2)c1. The molecule has 0 amide bonds. The monoisotopic (exact) mass is 360 g/mol. The topological polar surface area (TPSA) is 51.3 Å². The Morgan fingerprint density at radius 1 is 1.08 bits per heavy atom. The van der Waals surface area contributed by atoms with E-state index in [1.807, 2.05) is 12.1 Å². The van der Waals surface area contributed by atoms with Gasteiger partial charge < -0.3 is 4.90 Å². The molecule has 0 bridgehead atoms. The van der Waals surface area contributed by atoms with Gasteiger partial charge in [0, 0.05) is 56.0 Å². The number of halogens is 1. The zero-order valence-electron chi connectivity index (χ0n) is 14.4. The second-order valence-corrected chi connectivity index (χ2v) is 7.38. The van der Waals surface area contributed by atoms with Crippen LogP contribution in [0.15, 0.2) is 30.6 Å². The third-order valence-electron chi connectivity index (χ3n) is 5.40. The van der Waals surface area contributed by atoms with Crippen LogP contribution in [0.3, 0.4) is 0 Å². The normalized spacial score (nSPS) is 20.9. The van der Waals surface area contributed by atoms with Gasteiger partial charge in [0.1, 0.15) is 12.2 Å². The summed E-state index contributed by atoms with van der Waals surface area (Å²) in [4.78, 5) is 11.8. The Hall–Kier alpha value is -1.63. The molecule has 0 unspecified atom stereocenters. The molecule has 2 fully saturated rings. The number of H-pyrrole nitrogens is 1. The van der Waals surface area contributed by atoms with Crippen molar-refractivity contribution in [2.45, 2.75) is 25.4 Å². The second-order valence-electron chi connectivity index (χ2n) is 6.94. The molecular formula is C18H25ClN6. The van der Waals surface area contributed by atoms with Crippen LogP contribution in [0.25, 0.3) is 0 Å². The largest absolute Gasteiger partial charge is 0.369 e. The smallest absolute Gasteiger partial charge is 0.138 e. The number of likely N-dealkylation sites (tertiary alicyclic amines) is 1. The quantitative estimate of drug-likeness (QED) is 0.906. The molecule has 2 aliphatic rings. The summed E-state index contributed by atoms with van der Waals surface area (Å²) in [6, 6.07) is 8.91. The van der Waals surface area contributed by atoms with Crippen molar-refractivity contribution in [3.8, 4) is 0 Å². The van der Waals surface area contributed by atoms with Gasteiger partial charge in [0.05, 0.1) is 6.54 Å². The number of rotatable bonds is 4. The Morgan fingerprint density at radius 3 is 2.56 bits per heavy atom. The highest BCUT2D eigenvalue weighted by Gasteiger charge is 2.27. The van der Waals surface area contributed by atoms with E-state index in [2.05, 4.69) is 42.0 Å². The van der Waals surface area contributed by atoms with E-state index in [-0.39, 0.29) is 0 Å².